The number of carbonyl (C=O) groups excluding carboxylic acids is 1. The molecule has 0 saturated heterocycles. The van der Waals surface area contributed by atoms with Crippen molar-refractivity contribution < 1.29 is 13.2 Å². The smallest absolute Gasteiger partial charge is 0.253 e. The minimum atomic E-state index is -3.30. The van der Waals surface area contributed by atoms with Crippen LogP contribution >= 0.6 is 0 Å². The molecule has 1 amide bonds. The number of fused-ring (bicyclic) bond motifs is 1. The number of rotatable bonds is 5. The van der Waals surface area contributed by atoms with E-state index < -0.39 is 10.0 Å². The molecule has 1 heterocycles. The van der Waals surface area contributed by atoms with Crippen molar-refractivity contribution in [3.05, 3.63) is 23.8 Å². The maximum Gasteiger partial charge on any atom is 0.253 e. The molecule has 1 aliphatic rings. The first-order valence-corrected chi connectivity index (χ1v) is 8.32. The first-order valence-electron chi connectivity index (χ1n) is 6.71. The highest BCUT2D eigenvalue weighted by atomic mass is 32.2. The molecule has 116 valence electrons. The fourth-order valence-electron chi connectivity index (χ4n) is 2.04. The number of hydrogen-bond donors (Lipinski definition) is 3. The Balaban J connectivity index is 2.02. The van der Waals surface area contributed by atoms with Gasteiger partial charge in [0.1, 0.15) is 0 Å². The van der Waals surface area contributed by atoms with E-state index in [1.54, 1.807) is 12.1 Å². The van der Waals surface area contributed by atoms with Crippen molar-refractivity contribution in [2.45, 2.75) is 0 Å². The van der Waals surface area contributed by atoms with Gasteiger partial charge >= 0.3 is 0 Å². The Labute approximate surface area is 124 Å². The molecule has 0 unspecified atom stereocenters. The van der Waals surface area contributed by atoms with E-state index in [2.05, 4.69) is 16.0 Å². The molecule has 0 radical (unpaired) electrons. The highest BCUT2D eigenvalue weighted by Crippen LogP contribution is 2.28. The van der Waals surface area contributed by atoms with Crippen molar-refractivity contribution in [1.82, 2.24) is 9.62 Å². The van der Waals surface area contributed by atoms with Crippen LogP contribution in [-0.2, 0) is 10.0 Å². The number of hydrogen-bond acceptors (Lipinski definition) is 5. The maximum absolute atomic E-state index is 12.2. The van der Waals surface area contributed by atoms with E-state index in [0.29, 0.717) is 5.56 Å². The van der Waals surface area contributed by atoms with Crippen LogP contribution in [0.5, 0.6) is 0 Å². The van der Waals surface area contributed by atoms with Gasteiger partial charge in [-0.05, 0) is 12.1 Å². The van der Waals surface area contributed by atoms with Crippen molar-refractivity contribution in [1.29, 1.82) is 0 Å². The molecule has 1 aromatic carbocycles. The monoisotopic (exact) mass is 312 g/mol. The summed E-state index contributed by atoms with van der Waals surface area (Å²) in [6.45, 7) is 1.63. The van der Waals surface area contributed by atoms with Gasteiger partial charge in [0.15, 0.2) is 0 Å². The average Bonchev–Trinajstić information content (AvgIpc) is 2.46. The van der Waals surface area contributed by atoms with E-state index >= 15 is 0 Å². The number of nitrogens with zero attached hydrogens (tertiary/aromatic N) is 1. The Morgan fingerprint density at radius 2 is 2.00 bits per heavy atom. The van der Waals surface area contributed by atoms with E-state index in [4.69, 9.17) is 0 Å². The lowest BCUT2D eigenvalue weighted by Gasteiger charge is -2.22. The van der Waals surface area contributed by atoms with E-state index in [1.807, 2.05) is 6.07 Å². The topological polar surface area (TPSA) is 90.5 Å². The van der Waals surface area contributed by atoms with E-state index in [9.17, 15) is 13.2 Å². The summed E-state index contributed by atoms with van der Waals surface area (Å²) >= 11 is 0. The highest BCUT2D eigenvalue weighted by molar-refractivity contribution is 7.89. The zero-order valence-electron chi connectivity index (χ0n) is 12.1. The summed E-state index contributed by atoms with van der Waals surface area (Å²) in [7, 11) is -0.358. The van der Waals surface area contributed by atoms with Gasteiger partial charge in [0.25, 0.3) is 5.91 Å². The molecule has 0 spiro atoms. The molecule has 0 saturated carbocycles. The second-order valence-electron chi connectivity index (χ2n) is 4.94. The number of nitrogens with one attached hydrogen (secondary N) is 3. The van der Waals surface area contributed by atoms with Gasteiger partial charge in [-0.2, -0.15) is 0 Å². The number of anilines is 2. The Hall–Kier alpha value is -1.80. The maximum atomic E-state index is 12.2. The Morgan fingerprint density at radius 3 is 2.71 bits per heavy atom. The quantitative estimate of drug-likeness (QED) is 0.720. The zero-order valence-corrected chi connectivity index (χ0v) is 13.0. The van der Waals surface area contributed by atoms with Gasteiger partial charge in [0.05, 0.1) is 22.7 Å². The summed E-state index contributed by atoms with van der Waals surface area (Å²) in [5.41, 5.74) is 2.16. The minimum Gasteiger partial charge on any atom is -0.382 e. The predicted molar refractivity (Wildman–Crippen MR) is 83.2 cm³/mol. The highest BCUT2D eigenvalue weighted by Gasteiger charge is 2.18. The summed E-state index contributed by atoms with van der Waals surface area (Å²) in [6.07, 6.45) is 0. The normalized spacial score (nSPS) is 14.0. The van der Waals surface area contributed by atoms with Crippen molar-refractivity contribution in [3.63, 3.8) is 0 Å². The van der Waals surface area contributed by atoms with Gasteiger partial charge in [0.2, 0.25) is 10.0 Å². The van der Waals surface area contributed by atoms with E-state index in [-0.39, 0.29) is 18.2 Å². The summed E-state index contributed by atoms with van der Waals surface area (Å²) in [5, 5.41) is 9.04. The van der Waals surface area contributed by atoms with Gasteiger partial charge in [-0.1, -0.05) is 6.07 Å². The van der Waals surface area contributed by atoms with Crippen molar-refractivity contribution >= 4 is 27.3 Å². The second kappa shape index (κ2) is 6.31. The standard InChI is InChI=1S/C13H20N4O3S/c1-17(2)21(19,20)9-8-16-13(18)10-4-3-5-11-12(10)15-7-6-14-11/h3-5,14-15H,6-9H2,1-2H3,(H,16,18). The Morgan fingerprint density at radius 1 is 1.29 bits per heavy atom. The van der Waals surface area contributed by atoms with Crippen molar-refractivity contribution in [2.75, 3.05) is 50.1 Å². The molecule has 1 aliphatic heterocycles. The average molecular weight is 312 g/mol. The van der Waals surface area contributed by atoms with Crippen LogP contribution in [0.4, 0.5) is 11.4 Å². The van der Waals surface area contributed by atoms with Crippen molar-refractivity contribution in [3.8, 4) is 0 Å². The summed E-state index contributed by atoms with van der Waals surface area (Å²) in [4.78, 5) is 12.2. The number of sulfonamides is 1. The van der Waals surface area contributed by atoms with Gasteiger partial charge in [-0.3, -0.25) is 4.79 Å². The largest absolute Gasteiger partial charge is 0.382 e. The Kier molecular flexibility index (Phi) is 4.69. The lowest BCUT2D eigenvalue weighted by molar-refractivity contribution is 0.0957. The first-order chi connectivity index (χ1) is 9.92. The number of benzene rings is 1. The molecule has 1 aromatic rings. The van der Waals surface area contributed by atoms with Crippen LogP contribution < -0.4 is 16.0 Å². The second-order valence-corrected chi connectivity index (χ2v) is 7.24. The third kappa shape index (κ3) is 3.64. The Bertz CT molecular complexity index is 628. The number of amides is 1. The van der Waals surface area contributed by atoms with Crippen LogP contribution in [0.1, 0.15) is 10.4 Å². The van der Waals surface area contributed by atoms with Gasteiger partial charge in [-0.25, -0.2) is 12.7 Å². The van der Waals surface area contributed by atoms with Crippen LogP contribution in [0.3, 0.4) is 0 Å². The van der Waals surface area contributed by atoms with E-state index in [0.717, 1.165) is 28.8 Å². The SMILES string of the molecule is CN(C)S(=O)(=O)CCNC(=O)c1cccc2c1NCCN2. The molecule has 3 N–H and O–H groups in total. The first kappa shape index (κ1) is 15.6. The fourth-order valence-corrected chi connectivity index (χ4v) is 2.76. The molecule has 0 aliphatic carbocycles. The molecule has 2 rings (SSSR count). The molecule has 21 heavy (non-hydrogen) atoms. The molecule has 0 bridgehead atoms. The van der Waals surface area contributed by atoms with Crippen LogP contribution in [-0.4, -0.2) is 58.1 Å². The molecule has 7 nitrogen and oxygen atoms in total. The molecular weight excluding hydrogens is 292 g/mol. The van der Waals surface area contributed by atoms with E-state index in [1.165, 1.54) is 14.1 Å². The zero-order chi connectivity index (χ0) is 15.5. The van der Waals surface area contributed by atoms with Crippen LogP contribution in [0.15, 0.2) is 18.2 Å². The molecule has 0 aromatic heterocycles. The van der Waals surface area contributed by atoms with Crippen LogP contribution in [0.25, 0.3) is 0 Å². The van der Waals surface area contributed by atoms with Gasteiger partial charge < -0.3 is 16.0 Å². The molecule has 8 heteroatoms. The van der Waals surface area contributed by atoms with Crippen LogP contribution in [0, 0.1) is 0 Å². The predicted octanol–water partition coefficient (Wildman–Crippen LogP) is 0.145. The summed E-state index contributed by atoms with van der Waals surface area (Å²) < 4.78 is 24.4. The molecule has 0 atom stereocenters. The van der Waals surface area contributed by atoms with Crippen LogP contribution in [0.2, 0.25) is 0 Å². The van der Waals surface area contributed by atoms with Crippen molar-refractivity contribution in [2.24, 2.45) is 0 Å². The third-order valence-electron chi connectivity index (χ3n) is 3.25. The molecule has 0 fully saturated rings. The lowest BCUT2D eigenvalue weighted by Crippen LogP contribution is -2.34. The van der Waals surface area contributed by atoms with Gasteiger partial charge in [0, 0.05) is 33.7 Å². The fraction of sp³-hybridized carbons (Fsp3) is 0.462. The number of para-hydroxylation sites is 1. The lowest BCUT2D eigenvalue weighted by atomic mass is 10.1. The summed E-state index contributed by atoms with van der Waals surface area (Å²) in [6, 6.07) is 5.41. The summed E-state index contributed by atoms with van der Waals surface area (Å²) in [5.74, 6) is -0.399. The van der Waals surface area contributed by atoms with Gasteiger partial charge in [-0.15, -0.1) is 0 Å². The minimum absolute atomic E-state index is 0.0798. The number of carbonyl (C=O) groups is 1. The molecular formula is C13H20N4O3S. The third-order valence-corrected chi connectivity index (χ3v) is 5.09.